The van der Waals surface area contributed by atoms with Crippen LogP contribution in [0.5, 0.6) is 0 Å². The monoisotopic (exact) mass is 359 g/mol. The van der Waals surface area contributed by atoms with Gasteiger partial charge in [0.2, 0.25) is 5.91 Å². The van der Waals surface area contributed by atoms with Crippen LogP contribution in [-0.4, -0.2) is 5.91 Å². The third-order valence-corrected chi connectivity index (χ3v) is 4.37. The van der Waals surface area contributed by atoms with Gasteiger partial charge in [-0.25, -0.2) is 0 Å². The Bertz CT molecular complexity index is 796. The molecule has 0 aliphatic rings. The number of halogens is 2. The minimum atomic E-state index is -0.366. The fourth-order valence-corrected chi connectivity index (χ4v) is 3.02. The first-order chi connectivity index (χ1) is 11.6. The van der Waals surface area contributed by atoms with E-state index in [0.717, 1.165) is 5.56 Å². The summed E-state index contributed by atoms with van der Waals surface area (Å²) in [4.78, 5) is 12.5. The van der Waals surface area contributed by atoms with E-state index in [4.69, 9.17) is 27.6 Å². The van der Waals surface area contributed by atoms with Gasteiger partial charge >= 0.3 is 0 Å². The SMILES string of the molecule is O=C(Cc1c(Cl)cccc1Cl)N[C@@H](c1ccccc1)c1ccco1. The predicted octanol–water partition coefficient (Wildman–Crippen LogP) is 5.03. The zero-order chi connectivity index (χ0) is 16.9. The van der Waals surface area contributed by atoms with Crippen molar-refractivity contribution in [3.05, 3.63) is 93.9 Å². The Morgan fingerprint density at radius 1 is 0.958 bits per heavy atom. The number of benzene rings is 2. The van der Waals surface area contributed by atoms with Crippen LogP contribution >= 0.6 is 23.2 Å². The predicted molar refractivity (Wildman–Crippen MR) is 95.3 cm³/mol. The molecule has 1 N–H and O–H groups in total. The molecule has 1 amide bonds. The van der Waals surface area contributed by atoms with Gasteiger partial charge in [0.05, 0.1) is 12.7 Å². The molecule has 1 heterocycles. The minimum Gasteiger partial charge on any atom is -0.467 e. The molecule has 24 heavy (non-hydrogen) atoms. The molecule has 2 aromatic carbocycles. The first-order valence-electron chi connectivity index (χ1n) is 7.46. The van der Waals surface area contributed by atoms with E-state index in [2.05, 4.69) is 5.32 Å². The van der Waals surface area contributed by atoms with Crippen molar-refractivity contribution in [2.24, 2.45) is 0 Å². The molecular formula is C19H15Cl2NO2. The van der Waals surface area contributed by atoms with E-state index in [0.29, 0.717) is 21.4 Å². The molecule has 3 rings (SSSR count). The lowest BCUT2D eigenvalue weighted by molar-refractivity contribution is -0.121. The average molecular weight is 360 g/mol. The van der Waals surface area contributed by atoms with Crippen LogP contribution in [0.25, 0.3) is 0 Å². The molecule has 0 bridgehead atoms. The van der Waals surface area contributed by atoms with Crippen LogP contribution in [0.1, 0.15) is 22.9 Å². The summed E-state index contributed by atoms with van der Waals surface area (Å²) in [5.74, 6) is 0.482. The summed E-state index contributed by atoms with van der Waals surface area (Å²) < 4.78 is 5.48. The zero-order valence-corrected chi connectivity index (χ0v) is 14.2. The average Bonchev–Trinajstić information content (AvgIpc) is 3.11. The molecule has 0 saturated carbocycles. The second kappa shape index (κ2) is 7.56. The first-order valence-corrected chi connectivity index (χ1v) is 8.21. The van der Waals surface area contributed by atoms with Crippen molar-refractivity contribution in [3.63, 3.8) is 0 Å². The van der Waals surface area contributed by atoms with Gasteiger partial charge in [0.1, 0.15) is 11.8 Å². The number of rotatable bonds is 5. The molecule has 5 heteroatoms. The van der Waals surface area contributed by atoms with Crippen LogP contribution in [-0.2, 0) is 11.2 Å². The largest absolute Gasteiger partial charge is 0.467 e. The highest BCUT2D eigenvalue weighted by molar-refractivity contribution is 6.36. The smallest absolute Gasteiger partial charge is 0.225 e. The van der Waals surface area contributed by atoms with Gasteiger partial charge in [0.15, 0.2) is 0 Å². The van der Waals surface area contributed by atoms with Crippen molar-refractivity contribution >= 4 is 29.1 Å². The maximum absolute atomic E-state index is 12.5. The Morgan fingerprint density at radius 2 is 1.67 bits per heavy atom. The summed E-state index contributed by atoms with van der Waals surface area (Å²) in [7, 11) is 0. The minimum absolute atomic E-state index is 0.0998. The summed E-state index contributed by atoms with van der Waals surface area (Å²) >= 11 is 12.3. The summed E-state index contributed by atoms with van der Waals surface area (Å²) in [5.41, 5.74) is 1.55. The van der Waals surface area contributed by atoms with E-state index in [-0.39, 0.29) is 18.4 Å². The third kappa shape index (κ3) is 3.81. The van der Waals surface area contributed by atoms with Gasteiger partial charge in [-0.15, -0.1) is 0 Å². The Kier molecular flexibility index (Phi) is 5.24. The van der Waals surface area contributed by atoms with E-state index in [9.17, 15) is 4.79 Å². The van der Waals surface area contributed by atoms with Crippen LogP contribution in [0.15, 0.2) is 71.3 Å². The summed E-state index contributed by atoms with van der Waals surface area (Å²) in [6.45, 7) is 0. The third-order valence-electron chi connectivity index (χ3n) is 3.66. The van der Waals surface area contributed by atoms with Crippen molar-refractivity contribution in [2.75, 3.05) is 0 Å². The highest BCUT2D eigenvalue weighted by atomic mass is 35.5. The molecule has 0 fully saturated rings. The van der Waals surface area contributed by atoms with E-state index < -0.39 is 0 Å². The second-order valence-electron chi connectivity index (χ2n) is 5.30. The van der Waals surface area contributed by atoms with Gasteiger partial charge in [0, 0.05) is 10.0 Å². The molecule has 3 nitrogen and oxygen atoms in total. The van der Waals surface area contributed by atoms with Crippen molar-refractivity contribution in [1.29, 1.82) is 0 Å². The summed E-state index contributed by atoms with van der Waals surface area (Å²) in [6.07, 6.45) is 1.69. The standard InChI is InChI=1S/C19H15Cl2NO2/c20-15-8-4-9-16(21)14(15)12-18(23)22-19(17-10-5-11-24-17)13-6-2-1-3-7-13/h1-11,19H,12H2,(H,22,23)/t19-/m0/s1. The number of hydrogen-bond donors (Lipinski definition) is 1. The molecule has 1 atom stereocenters. The Labute approximate surface area is 150 Å². The Morgan fingerprint density at radius 3 is 2.29 bits per heavy atom. The molecule has 1 aromatic heterocycles. The topological polar surface area (TPSA) is 42.2 Å². The fourth-order valence-electron chi connectivity index (χ4n) is 2.49. The van der Waals surface area contributed by atoms with E-state index in [1.54, 1.807) is 30.5 Å². The number of carbonyl (C=O) groups excluding carboxylic acids is 1. The van der Waals surface area contributed by atoms with Crippen LogP contribution in [0, 0.1) is 0 Å². The fraction of sp³-hybridized carbons (Fsp3) is 0.105. The molecule has 0 saturated heterocycles. The van der Waals surface area contributed by atoms with Crippen molar-refractivity contribution in [3.8, 4) is 0 Å². The lowest BCUT2D eigenvalue weighted by Gasteiger charge is -2.17. The number of furan rings is 1. The summed E-state index contributed by atoms with van der Waals surface area (Å²) in [6, 6.07) is 18.1. The van der Waals surface area contributed by atoms with Crippen LogP contribution < -0.4 is 5.32 Å². The molecule has 0 radical (unpaired) electrons. The molecular weight excluding hydrogens is 345 g/mol. The Balaban J connectivity index is 1.82. The van der Waals surface area contributed by atoms with Crippen molar-refractivity contribution in [2.45, 2.75) is 12.5 Å². The number of hydrogen-bond acceptors (Lipinski definition) is 2. The molecule has 122 valence electrons. The lowest BCUT2D eigenvalue weighted by atomic mass is 10.0. The van der Waals surface area contributed by atoms with E-state index >= 15 is 0 Å². The van der Waals surface area contributed by atoms with Gasteiger partial charge in [0.25, 0.3) is 0 Å². The van der Waals surface area contributed by atoms with Gasteiger partial charge in [-0.2, -0.15) is 0 Å². The zero-order valence-electron chi connectivity index (χ0n) is 12.7. The Hall–Kier alpha value is -2.23. The second-order valence-corrected chi connectivity index (χ2v) is 6.12. The lowest BCUT2D eigenvalue weighted by Crippen LogP contribution is -2.30. The van der Waals surface area contributed by atoms with Gasteiger partial charge in [-0.05, 0) is 35.4 Å². The number of carbonyl (C=O) groups is 1. The van der Waals surface area contributed by atoms with Gasteiger partial charge in [-0.1, -0.05) is 59.6 Å². The van der Waals surface area contributed by atoms with E-state index in [1.807, 2.05) is 36.4 Å². The van der Waals surface area contributed by atoms with Crippen LogP contribution in [0.4, 0.5) is 0 Å². The molecule has 3 aromatic rings. The van der Waals surface area contributed by atoms with Crippen molar-refractivity contribution < 1.29 is 9.21 Å². The molecule has 0 aliphatic carbocycles. The molecule has 0 unspecified atom stereocenters. The van der Waals surface area contributed by atoms with Crippen LogP contribution in [0.3, 0.4) is 0 Å². The number of amides is 1. The maximum Gasteiger partial charge on any atom is 0.225 e. The highest BCUT2D eigenvalue weighted by Gasteiger charge is 2.20. The van der Waals surface area contributed by atoms with Crippen LogP contribution in [0.2, 0.25) is 10.0 Å². The van der Waals surface area contributed by atoms with Gasteiger partial charge < -0.3 is 9.73 Å². The summed E-state index contributed by atoms with van der Waals surface area (Å²) in [5, 5.41) is 3.95. The van der Waals surface area contributed by atoms with E-state index in [1.165, 1.54) is 0 Å². The quantitative estimate of drug-likeness (QED) is 0.693. The normalized spacial score (nSPS) is 11.9. The highest BCUT2D eigenvalue weighted by Crippen LogP contribution is 2.26. The van der Waals surface area contributed by atoms with Gasteiger partial charge in [-0.3, -0.25) is 4.79 Å². The first kappa shape index (κ1) is 16.6. The van der Waals surface area contributed by atoms with Crippen molar-refractivity contribution in [1.82, 2.24) is 5.32 Å². The molecule has 0 aliphatic heterocycles. The maximum atomic E-state index is 12.5. The number of nitrogens with one attached hydrogen (secondary N) is 1. The molecule has 0 spiro atoms.